The molecule has 1 aromatic heterocycles. The minimum absolute atomic E-state index is 0.0331. The molecule has 6 heteroatoms. The fraction of sp³-hybridized carbons (Fsp3) is 0.625. The molecule has 78 valence electrons. The van der Waals surface area contributed by atoms with E-state index in [0.29, 0.717) is 12.4 Å². The summed E-state index contributed by atoms with van der Waals surface area (Å²) in [5, 5.41) is 6.32. The predicted octanol–water partition coefficient (Wildman–Crippen LogP) is 0.391. The number of esters is 1. The average Bonchev–Trinajstić information content (AvgIpc) is 2.66. The lowest BCUT2D eigenvalue weighted by Gasteiger charge is -2.01. The molecule has 0 radical (unpaired) electrons. The third kappa shape index (κ3) is 2.29. The van der Waals surface area contributed by atoms with Gasteiger partial charge >= 0.3 is 5.97 Å². The van der Waals surface area contributed by atoms with E-state index in [2.05, 4.69) is 15.2 Å². The monoisotopic (exact) mass is 198 g/mol. The van der Waals surface area contributed by atoms with E-state index in [4.69, 9.17) is 10.5 Å². The van der Waals surface area contributed by atoms with Crippen molar-refractivity contribution in [2.45, 2.75) is 26.3 Å². The standard InChI is InChI=1S/C8H14N4O2/c1-3-5(9)6-10-7(12-11-6)8(13)14-4-2/h5H,3-4,9H2,1-2H3,(H,10,11,12)/t5-/m0/s1. The summed E-state index contributed by atoms with van der Waals surface area (Å²) < 4.78 is 4.73. The molecule has 0 spiro atoms. The third-order valence-electron chi connectivity index (χ3n) is 1.75. The molecule has 1 heterocycles. The van der Waals surface area contributed by atoms with Gasteiger partial charge in [-0.2, -0.15) is 0 Å². The highest BCUT2D eigenvalue weighted by molar-refractivity contribution is 5.84. The van der Waals surface area contributed by atoms with Gasteiger partial charge < -0.3 is 10.5 Å². The van der Waals surface area contributed by atoms with Crippen molar-refractivity contribution in [3.05, 3.63) is 11.6 Å². The summed E-state index contributed by atoms with van der Waals surface area (Å²) >= 11 is 0. The second-order valence-electron chi connectivity index (χ2n) is 2.78. The Balaban J connectivity index is 2.72. The molecule has 0 saturated heterocycles. The topological polar surface area (TPSA) is 93.9 Å². The van der Waals surface area contributed by atoms with Crippen LogP contribution in [-0.4, -0.2) is 27.8 Å². The SMILES string of the molecule is CCOC(=O)c1n[nH]c([C@@H](N)CC)n1. The van der Waals surface area contributed by atoms with Crippen LogP contribution in [-0.2, 0) is 4.74 Å². The first kappa shape index (κ1) is 10.6. The first-order valence-corrected chi connectivity index (χ1v) is 4.54. The maximum Gasteiger partial charge on any atom is 0.378 e. The largest absolute Gasteiger partial charge is 0.460 e. The second-order valence-corrected chi connectivity index (χ2v) is 2.78. The van der Waals surface area contributed by atoms with Crippen molar-refractivity contribution in [3.63, 3.8) is 0 Å². The van der Waals surface area contributed by atoms with Crippen LogP contribution in [0.3, 0.4) is 0 Å². The van der Waals surface area contributed by atoms with Crippen LogP contribution in [0.1, 0.15) is 42.8 Å². The van der Waals surface area contributed by atoms with Crippen LogP contribution in [0.15, 0.2) is 0 Å². The summed E-state index contributed by atoms with van der Waals surface area (Å²) in [6.45, 7) is 3.96. The van der Waals surface area contributed by atoms with Gasteiger partial charge in [-0.15, -0.1) is 5.10 Å². The Morgan fingerprint density at radius 2 is 2.36 bits per heavy atom. The molecule has 1 rings (SSSR count). The van der Waals surface area contributed by atoms with Gasteiger partial charge in [-0.3, -0.25) is 5.10 Å². The van der Waals surface area contributed by atoms with Crippen LogP contribution in [0.2, 0.25) is 0 Å². The summed E-state index contributed by atoms with van der Waals surface area (Å²) in [5.74, 6) is 0.0135. The predicted molar refractivity (Wildman–Crippen MR) is 49.6 cm³/mol. The Labute approximate surface area is 81.9 Å². The second kappa shape index (κ2) is 4.71. The molecule has 0 aliphatic rings. The van der Waals surface area contributed by atoms with Crippen molar-refractivity contribution in [2.75, 3.05) is 6.61 Å². The highest BCUT2D eigenvalue weighted by atomic mass is 16.5. The van der Waals surface area contributed by atoms with Crippen LogP contribution >= 0.6 is 0 Å². The van der Waals surface area contributed by atoms with Crippen LogP contribution in [0, 0.1) is 0 Å². The first-order valence-electron chi connectivity index (χ1n) is 4.54. The summed E-state index contributed by atoms with van der Waals surface area (Å²) in [5.41, 5.74) is 5.70. The van der Waals surface area contributed by atoms with Crippen molar-refractivity contribution >= 4 is 5.97 Å². The van der Waals surface area contributed by atoms with Gasteiger partial charge in [-0.25, -0.2) is 9.78 Å². The Hall–Kier alpha value is -1.43. The van der Waals surface area contributed by atoms with Gasteiger partial charge in [0.05, 0.1) is 12.6 Å². The Morgan fingerprint density at radius 1 is 1.64 bits per heavy atom. The van der Waals surface area contributed by atoms with E-state index in [1.54, 1.807) is 6.92 Å². The molecule has 14 heavy (non-hydrogen) atoms. The molecule has 0 amide bonds. The summed E-state index contributed by atoms with van der Waals surface area (Å²) in [4.78, 5) is 15.1. The van der Waals surface area contributed by atoms with Crippen molar-refractivity contribution in [1.82, 2.24) is 15.2 Å². The molecule has 0 aliphatic heterocycles. The van der Waals surface area contributed by atoms with E-state index in [9.17, 15) is 4.79 Å². The summed E-state index contributed by atoms with van der Waals surface area (Å²) in [6.07, 6.45) is 0.734. The van der Waals surface area contributed by atoms with E-state index in [0.717, 1.165) is 6.42 Å². The Morgan fingerprint density at radius 3 is 2.93 bits per heavy atom. The zero-order valence-electron chi connectivity index (χ0n) is 8.28. The van der Waals surface area contributed by atoms with Gasteiger partial charge in [0.25, 0.3) is 5.82 Å². The highest BCUT2D eigenvalue weighted by Crippen LogP contribution is 2.07. The van der Waals surface area contributed by atoms with Crippen LogP contribution in [0.4, 0.5) is 0 Å². The molecule has 6 nitrogen and oxygen atoms in total. The van der Waals surface area contributed by atoms with Gasteiger partial charge in [0.1, 0.15) is 5.82 Å². The van der Waals surface area contributed by atoms with Gasteiger partial charge in [-0.1, -0.05) is 6.92 Å². The van der Waals surface area contributed by atoms with Crippen molar-refractivity contribution in [3.8, 4) is 0 Å². The van der Waals surface area contributed by atoms with Crippen molar-refractivity contribution in [1.29, 1.82) is 0 Å². The number of nitrogens with one attached hydrogen (secondary N) is 1. The molecule has 0 aromatic carbocycles. The van der Waals surface area contributed by atoms with Crippen molar-refractivity contribution < 1.29 is 9.53 Å². The highest BCUT2D eigenvalue weighted by Gasteiger charge is 2.15. The van der Waals surface area contributed by atoms with Crippen LogP contribution < -0.4 is 5.73 Å². The minimum atomic E-state index is -0.529. The average molecular weight is 198 g/mol. The fourth-order valence-corrected chi connectivity index (χ4v) is 0.920. The first-order chi connectivity index (χ1) is 6.69. The van der Waals surface area contributed by atoms with E-state index < -0.39 is 5.97 Å². The number of aromatic nitrogens is 3. The molecule has 0 bridgehead atoms. The van der Waals surface area contributed by atoms with Gasteiger partial charge in [0, 0.05) is 0 Å². The van der Waals surface area contributed by atoms with E-state index >= 15 is 0 Å². The number of carbonyl (C=O) groups is 1. The normalized spacial score (nSPS) is 12.5. The number of H-pyrrole nitrogens is 1. The molecule has 0 unspecified atom stereocenters. The molecular formula is C8H14N4O2. The smallest absolute Gasteiger partial charge is 0.378 e. The lowest BCUT2D eigenvalue weighted by atomic mass is 10.2. The molecule has 0 fully saturated rings. The molecule has 0 aliphatic carbocycles. The number of aromatic amines is 1. The maximum atomic E-state index is 11.2. The number of nitrogens with zero attached hydrogens (tertiary/aromatic N) is 2. The molecule has 1 aromatic rings. The van der Waals surface area contributed by atoms with Crippen LogP contribution in [0.5, 0.6) is 0 Å². The zero-order valence-corrected chi connectivity index (χ0v) is 8.28. The zero-order chi connectivity index (χ0) is 10.6. The maximum absolute atomic E-state index is 11.2. The molecule has 0 saturated carbocycles. The van der Waals surface area contributed by atoms with Crippen LogP contribution in [0.25, 0.3) is 0 Å². The molecule has 1 atom stereocenters. The number of rotatable bonds is 4. The Kier molecular flexibility index (Phi) is 3.58. The van der Waals surface area contributed by atoms with E-state index in [-0.39, 0.29) is 11.9 Å². The fourth-order valence-electron chi connectivity index (χ4n) is 0.920. The number of hydrogen-bond donors (Lipinski definition) is 2. The number of carbonyl (C=O) groups excluding carboxylic acids is 1. The van der Waals surface area contributed by atoms with Crippen molar-refractivity contribution in [2.24, 2.45) is 5.73 Å². The number of ether oxygens (including phenoxy) is 1. The van der Waals surface area contributed by atoms with Gasteiger partial charge in [0.2, 0.25) is 0 Å². The summed E-state index contributed by atoms with van der Waals surface area (Å²) in [7, 11) is 0. The van der Waals surface area contributed by atoms with Gasteiger partial charge in [0.15, 0.2) is 0 Å². The van der Waals surface area contributed by atoms with Gasteiger partial charge in [-0.05, 0) is 13.3 Å². The molecular weight excluding hydrogens is 184 g/mol. The lowest BCUT2D eigenvalue weighted by Crippen LogP contribution is -2.11. The quantitative estimate of drug-likeness (QED) is 0.682. The lowest BCUT2D eigenvalue weighted by molar-refractivity contribution is 0.0512. The Bertz CT molecular complexity index is 310. The number of hydrogen-bond acceptors (Lipinski definition) is 5. The summed E-state index contributed by atoms with van der Waals surface area (Å²) in [6, 6.07) is -0.217. The third-order valence-corrected chi connectivity index (χ3v) is 1.75. The number of nitrogens with two attached hydrogens (primary N) is 1. The van der Waals surface area contributed by atoms with E-state index in [1.807, 2.05) is 6.92 Å². The van der Waals surface area contributed by atoms with E-state index in [1.165, 1.54) is 0 Å². The minimum Gasteiger partial charge on any atom is -0.460 e. The molecule has 3 N–H and O–H groups in total.